The Hall–Kier alpha value is -2.56. The number of amides is 1. The Kier molecular flexibility index (Phi) is 4.23. The normalized spacial score (nSPS) is 14.0. The average molecular weight is 297 g/mol. The first-order valence-corrected chi connectivity index (χ1v) is 7.47. The van der Waals surface area contributed by atoms with Crippen LogP contribution in [0.15, 0.2) is 42.6 Å². The summed E-state index contributed by atoms with van der Waals surface area (Å²) in [7, 11) is 1.58. The fraction of sp³-hybridized carbons (Fsp3) is 0.294. The van der Waals surface area contributed by atoms with E-state index in [1.165, 1.54) is 18.5 Å². The van der Waals surface area contributed by atoms with Crippen LogP contribution in [0.25, 0.3) is 0 Å². The van der Waals surface area contributed by atoms with Gasteiger partial charge in [-0.3, -0.25) is 9.78 Å². The number of benzene rings is 1. The second-order valence-electron chi connectivity index (χ2n) is 5.25. The van der Waals surface area contributed by atoms with E-state index in [2.05, 4.69) is 27.3 Å². The zero-order valence-electron chi connectivity index (χ0n) is 12.6. The van der Waals surface area contributed by atoms with E-state index in [9.17, 15) is 4.79 Å². The lowest BCUT2D eigenvalue weighted by Gasteiger charge is -2.17. The highest BCUT2D eigenvalue weighted by Crippen LogP contribution is 2.26. The highest BCUT2D eigenvalue weighted by atomic mass is 16.5. The molecule has 3 rings (SSSR count). The molecule has 1 fully saturated rings. The summed E-state index contributed by atoms with van der Waals surface area (Å²) in [6.45, 7) is 2.25. The van der Waals surface area contributed by atoms with Gasteiger partial charge in [0.15, 0.2) is 0 Å². The molecular weight excluding hydrogens is 278 g/mol. The number of hydrogen-bond donors (Lipinski definition) is 1. The van der Waals surface area contributed by atoms with Crippen LogP contribution in [-0.4, -0.2) is 31.0 Å². The van der Waals surface area contributed by atoms with Gasteiger partial charge in [0.25, 0.3) is 5.91 Å². The zero-order valence-corrected chi connectivity index (χ0v) is 12.6. The average Bonchev–Trinajstić information content (AvgIpc) is 3.09. The van der Waals surface area contributed by atoms with E-state index in [-0.39, 0.29) is 5.91 Å². The molecule has 0 radical (unpaired) electrons. The second kappa shape index (κ2) is 6.47. The largest absolute Gasteiger partial charge is 0.457 e. The van der Waals surface area contributed by atoms with Crippen LogP contribution in [0.2, 0.25) is 0 Å². The number of carbonyl (C=O) groups is 1. The highest BCUT2D eigenvalue weighted by Gasteiger charge is 2.12. The van der Waals surface area contributed by atoms with E-state index in [0.29, 0.717) is 11.4 Å². The molecule has 114 valence electrons. The number of nitrogens with one attached hydrogen (secondary N) is 1. The van der Waals surface area contributed by atoms with Crippen molar-refractivity contribution < 1.29 is 9.53 Å². The summed E-state index contributed by atoms with van der Waals surface area (Å²) >= 11 is 0. The van der Waals surface area contributed by atoms with E-state index < -0.39 is 0 Å². The van der Waals surface area contributed by atoms with E-state index in [1.807, 2.05) is 12.1 Å². The van der Waals surface area contributed by atoms with Crippen molar-refractivity contribution in [2.24, 2.45) is 0 Å². The van der Waals surface area contributed by atoms with Gasteiger partial charge in [-0.05, 0) is 43.2 Å². The minimum Gasteiger partial charge on any atom is -0.457 e. The lowest BCUT2D eigenvalue weighted by atomic mass is 10.2. The third-order valence-corrected chi connectivity index (χ3v) is 3.73. The molecule has 0 saturated carbocycles. The molecule has 0 bridgehead atoms. The lowest BCUT2D eigenvalue weighted by Crippen LogP contribution is -2.18. The van der Waals surface area contributed by atoms with Gasteiger partial charge in [0, 0.05) is 38.1 Å². The Morgan fingerprint density at radius 1 is 1.14 bits per heavy atom. The quantitative estimate of drug-likeness (QED) is 0.943. The second-order valence-corrected chi connectivity index (χ2v) is 5.25. The van der Waals surface area contributed by atoms with Gasteiger partial charge in [-0.2, -0.15) is 0 Å². The SMILES string of the molecule is CNC(=O)c1cc(Oc2ccc(N3CCCC3)cc2)ccn1. The molecule has 1 amide bonds. The summed E-state index contributed by atoms with van der Waals surface area (Å²) in [4.78, 5) is 18.0. The molecule has 22 heavy (non-hydrogen) atoms. The summed E-state index contributed by atoms with van der Waals surface area (Å²) in [5.74, 6) is 1.12. The van der Waals surface area contributed by atoms with Crippen molar-refractivity contribution >= 4 is 11.6 Å². The van der Waals surface area contributed by atoms with Crippen LogP contribution in [0.3, 0.4) is 0 Å². The van der Waals surface area contributed by atoms with Crippen LogP contribution >= 0.6 is 0 Å². The van der Waals surface area contributed by atoms with Crippen LogP contribution in [0, 0.1) is 0 Å². The van der Waals surface area contributed by atoms with Crippen molar-refractivity contribution in [3.63, 3.8) is 0 Å². The number of aromatic nitrogens is 1. The van der Waals surface area contributed by atoms with Gasteiger partial charge in [-0.1, -0.05) is 0 Å². The van der Waals surface area contributed by atoms with E-state index in [1.54, 1.807) is 25.4 Å². The maximum atomic E-state index is 11.6. The van der Waals surface area contributed by atoms with Crippen molar-refractivity contribution in [2.75, 3.05) is 25.0 Å². The van der Waals surface area contributed by atoms with Crippen molar-refractivity contribution in [3.05, 3.63) is 48.3 Å². The van der Waals surface area contributed by atoms with Gasteiger partial charge in [0.05, 0.1) is 0 Å². The molecule has 0 atom stereocenters. The number of hydrogen-bond acceptors (Lipinski definition) is 4. The standard InChI is InChI=1S/C17H19N3O2/c1-18-17(21)16-12-15(8-9-19-16)22-14-6-4-13(5-7-14)20-10-2-3-11-20/h4-9,12H,2-3,10-11H2,1H3,(H,18,21). The summed E-state index contributed by atoms with van der Waals surface area (Å²) < 4.78 is 5.79. The van der Waals surface area contributed by atoms with Gasteiger partial charge in [0.1, 0.15) is 17.2 Å². The molecule has 1 N–H and O–H groups in total. The Labute approximate surface area is 129 Å². The number of nitrogens with zero attached hydrogens (tertiary/aromatic N) is 2. The first-order valence-electron chi connectivity index (χ1n) is 7.47. The van der Waals surface area contributed by atoms with Crippen LogP contribution in [-0.2, 0) is 0 Å². The molecular formula is C17H19N3O2. The fourth-order valence-electron chi connectivity index (χ4n) is 2.56. The number of pyridine rings is 1. The topological polar surface area (TPSA) is 54.5 Å². The number of ether oxygens (including phenoxy) is 1. The number of anilines is 1. The third kappa shape index (κ3) is 3.19. The first-order chi connectivity index (χ1) is 10.8. The van der Waals surface area contributed by atoms with Crippen LogP contribution < -0.4 is 15.0 Å². The molecule has 0 spiro atoms. The molecule has 0 unspecified atom stereocenters. The lowest BCUT2D eigenvalue weighted by molar-refractivity contribution is 0.0958. The Balaban J connectivity index is 1.71. The van der Waals surface area contributed by atoms with Gasteiger partial charge in [-0.15, -0.1) is 0 Å². The molecule has 1 aromatic heterocycles. The van der Waals surface area contributed by atoms with Crippen LogP contribution in [0.5, 0.6) is 11.5 Å². The van der Waals surface area contributed by atoms with Gasteiger partial charge >= 0.3 is 0 Å². The molecule has 1 aliphatic rings. The zero-order chi connectivity index (χ0) is 15.4. The predicted molar refractivity (Wildman–Crippen MR) is 85.6 cm³/mol. The molecule has 1 aliphatic heterocycles. The Morgan fingerprint density at radius 2 is 1.86 bits per heavy atom. The molecule has 1 aromatic carbocycles. The first kappa shape index (κ1) is 14.4. The van der Waals surface area contributed by atoms with Gasteiger partial charge < -0.3 is 15.0 Å². The molecule has 2 aromatic rings. The molecule has 1 saturated heterocycles. The van der Waals surface area contributed by atoms with Crippen molar-refractivity contribution in [3.8, 4) is 11.5 Å². The third-order valence-electron chi connectivity index (χ3n) is 3.73. The van der Waals surface area contributed by atoms with Crippen molar-refractivity contribution in [1.82, 2.24) is 10.3 Å². The highest BCUT2D eigenvalue weighted by molar-refractivity contribution is 5.92. The minimum atomic E-state index is -0.227. The van der Waals surface area contributed by atoms with E-state index >= 15 is 0 Å². The minimum absolute atomic E-state index is 0.227. The summed E-state index contributed by atoms with van der Waals surface area (Å²) in [6.07, 6.45) is 4.09. The summed E-state index contributed by atoms with van der Waals surface area (Å²) in [5.41, 5.74) is 1.57. The van der Waals surface area contributed by atoms with E-state index in [4.69, 9.17) is 4.74 Å². The van der Waals surface area contributed by atoms with E-state index in [0.717, 1.165) is 18.8 Å². The monoisotopic (exact) mass is 297 g/mol. The molecule has 0 aliphatic carbocycles. The molecule has 5 heteroatoms. The maximum Gasteiger partial charge on any atom is 0.269 e. The Morgan fingerprint density at radius 3 is 2.55 bits per heavy atom. The molecule has 5 nitrogen and oxygen atoms in total. The Bertz CT molecular complexity index is 649. The summed E-state index contributed by atoms with van der Waals surface area (Å²) in [6, 6.07) is 11.4. The van der Waals surface area contributed by atoms with Gasteiger partial charge in [0.2, 0.25) is 0 Å². The van der Waals surface area contributed by atoms with Crippen LogP contribution in [0.4, 0.5) is 5.69 Å². The maximum absolute atomic E-state index is 11.6. The van der Waals surface area contributed by atoms with Gasteiger partial charge in [-0.25, -0.2) is 0 Å². The molecule has 2 heterocycles. The number of rotatable bonds is 4. The van der Waals surface area contributed by atoms with Crippen molar-refractivity contribution in [1.29, 1.82) is 0 Å². The van der Waals surface area contributed by atoms with Crippen LogP contribution in [0.1, 0.15) is 23.3 Å². The fourth-order valence-corrected chi connectivity index (χ4v) is 2.56. The van der Waals surface area contributed by atoms with Crippen molar-refractivity contribution in [2.45, 2.75) is 12.8 Å². The smallest absolute Gasteiger partial charge is 0.269 e. The summed E-state index contributed by atoms with van der Waals surface area (Å²) in [5, 5.41) is 2.55. The predicted octanol–water partition coefficient (Wildman–Crippen LogP) is 2.83. The number of carbonyl (C=O) groups excluding carboxylic acids is 1.